The molecule has 1 unspecified atom stereocenters. The second-order valence-electron chi connectivity index (χ2n) is 6.95. The maximum Gasteiger partial charge on any atom is 0.238 e. The summed E-state index contributed by atoms with van der Waals surface area (Å²) >= 11 is 1.51. The predicted octanol–water partition coefficient (Wildman–Crippen LogP) is 3.56. The fraction of sp³-hybridized carbons (Fsp3) is 0.190. The third kappa shape index (κ3) is 3.65. The van der Waals surface area contributed by atoms with Crippen LogP contribution in [-0.4, -0.2) is 26.1 Å². The van der Waals surface area contributed by atoms with Gasteiger partial charge < -0.3 is 4.90 Å². The highest BCUT2D eigenvalue weighted by atomic mass is 32.2. The van der Waals surface area contributed by atoms with Crippen LogP contribution in [0.3, 0.4) is 0 Å². The third-order valence-corrected chi connectivity index (χ3v) is 6.84. The van der Waals surface area contributed by atoms with Crippen molar-refractivity contribution in [2.24, 2.45) is 5.14 Å². The average Bonchev–Trinajstić information content (AvgIpc) is 3.00. The average molecular weight is 413 g/mol. The van der Waals surface area contributed by atoms with Crippen LogP contribution in [0.4, 0.5) is 5.69 Å². The molecule has 28 heavy (non-hydrogen) atoms. The lowest BCUT2D eigenvalue weighted by Gasteiger charge is -2.22. The van der Waals surface area contributed by atoms with Crippen molar-refractivity contribution in [1.29, 1.82) is 0 Å². The summed E-state index contributed by atoms with van der Waals surface area (Å²) in [5, 5.41) is 7.54. The van der Waals surface area contributed by atoms with E-state index in [0.29, 0.717) is 12.2 Å². The Morgan fingerprint density at radius 1 is 1.11 bits per heavy atom. The molecule has 0 fully saturated rings. The second kappa shape index (κ2) is 7.24. The minimum atomic E-state index is -3.75. The van der Waals surface area contributed by atoms with E-state index in [1.54, 1.807) is 17.0 Å². The van der Waals surface area contributed by atoms with Gasteiger partial charge in [-0.1, -0.05) is 30.3 Å². The third-order valence-electron chi connectivity index (χ3n) is 4.95. The summed E-state index contributed by atoms with van der Waals surface area (Å²) in [5.74, 6) is 0.326. The summed E-state index contributed by atoms with van der Waals surface area (Å²) in [6, 6.07) is 19.0. The van der Waals surface area contributed by atoms with Gasteiger partial charge in [0.2, 0.25) is 15.9 Å². The van der Waals surface area contributed by atoms with Gasteiger partial charge in [-0.3, -0.25) is 4.79 Å². The molecule has 0 saturated heterocycles. The molecule has 1 aliphatic rings. The number of nitrogens with zero attached hydrogens (tertiary/aromatic N) is 1. The first-order valence-corrected chi connectivity index (χ1v) is 11.5. The normalized spacial score (nSPS) is 16.4. The molecular formula is C21H20N2O3S2. The van der Waals surface area contributed by atoms with Crippen LogP contribution in [0.15, 0.2) is 70.5 Å². The minimum Gasteiger partial charge on any atom is -0.308 e. The van der Waals surface area contributed by atoms with Crippen molar-refractivity contribution in [3.63, 3.8) is 0 Å². The van der Waals surface area contributed by atoms with Crippen LogP contribution in [0.2, 0.25) is 0 Å². The van der Waals surface area contributed by atoms with E-state index < -0.39 is 10.0 Å². The lowest BCUT2D eigenvalue weighted by Crippen LogP contribution is -2.36. The van der Waals surface area contributed by atoms with Crippen LogP contribution in [0.1, 0.15) is 12.5 Å². The van der Waals surface area contributed by atoms with E-state index in [-0.39, 0.29) is 16.8 Å². The van der Waals surface area contributed by atoms with E-state index in [1.807, 2.05) is 25.1 Å². The van der Waals surface area contributed by atoms with E-state index >= 15 is 0 Å². The van der Waals surface area contributed by atoms with Crippen molar-refractivity contribution < 1.29 is 13.2 Å². The Hall–Kier alpha value is -2.35. The van der Waals surface area contributed by atoms with Gasteiger partial charge in [0.1, 0.15) is 0 Å². The molecule has 1 heterocycles. The van der Waals surface area contributed by atoms with Crippen molar-refractivity contribution in [2.75, 3.05) is 10.7 Å². The molecule has 144 valence electrons. The highest BCUT2D eigenvalue weighted by Gasteiger charge is 2.31. The van der Waals surface area contributed by atoms with Crippen LogP contribution in [0.25, 0.3) is 10.8 Å². The number of amides is 1. The maximum absolute atomic E-state index is 12.9. The monoisotopic (exact) mass is 412 g/mol. The highest BCUT2D eigenvalue weighted by Crippen LogP contribution is 2.34. The zero-order valence-electron chi connectivity index (χ0n) is 15.3. The van der Waals surface area contributed by atoms with Gasteiger partial charge in [-0.25, -0.2) is 13.6 Å². The van der Waals surface area contributed by atoms with Gasteiger partial charge in [0.05, 0.1) is 10.6 Å². The molecule has 2 N–H and O–H groups in total. The van der Waals surface area contributed by atoms with Crippen LogP contribution in [-0.2, 0) is 21.2 Å². The standard InChI is InChI=1S/C21H20N2O3S2/c1-14-10-17-12-19(28(22,25)26)8-9-20(17)23(14)21(24)13-27-18-7-6-15-4-2-3-5-16(15)11-18/h2-9,11-12,14H,10,13H2,1H3,(H2,22,25,26). The topological polar surface area (TPSA) is 80.5 Å². The molecule has 1 aliphatic heterocycles. The van der Waals surface area contributed by atoms with E-state index in [4.69, 9.17) is 5.14 Å². The van der Waals surface area contributed by atoms with Gasteiger partial charge in [0.25, 0.3) is 0 Å². The quantitative estimate of drug-likeness (QED) is 0.665. The van der Waals surface area contributed by atoms with Gasteiger partial charge in [0, 0.05) is 16.6 Å². The smallest absolute Gasteiger partial charge is 0.238 e. The Bertz CT molecular complexity index is 1180. The molecule has 0 radical (unpaired) electrons. The van der Waals surface area contributed by atoms with Crippen LogP contribution in [0, 0.1) is 0 Å². The Morgan fingerprint density at radius 3 is 2.61 bits per heavy atom. The fourth-order valence-electron chi connectivity index (χ4n) is 3.64. The molecule has 0 aromatic heterocycles. The van der Waals surface area contributed by atoms with Crippen molar-refractivity contribution in [3.8, 4) is 0 Å². The number of fused-ring (bicyclic) bond motifs is 2. The summed E-state index contributed by atoms with van der Waals surface area (Å²) in [6.45, 7) is 1.97. The first-order chi connectivity index (χ1) is 13.3. The Balaban J connectivity index is 1.52. The minimum absolute atomic E-state index is 0.00719. The van der Waals surface area contributed by atoms with Crippen molar-refractivity contribution >= 4 is 44.2 Å². The zero-order valence-corrected chi connectivity index (χ0v) is 17.0. The van der Waals surface area contributed by atoms with Gasteiger partial charge in [-0.2, -0.15) is 0 Å². The SMILES string of the molecule is CC1Cc2cc(S(N)(=O)=O)ccc2N1C(=O)CSc1ccc2ccccc2c1. The van der Waals surface area contributed by atoms with E-state index in [9.17, 15) is 13.2 Å². The van der Waals surface area contributed by atoms with Gasteiger partial charge >= 0.3 is 0 Å². The van der Waals surface area contributed by atoms with E-state index in [1.165, 1.54) is 23.2 Å². The molecule has 1 atom stereocenters. The summed E-state index contributed by atoms with van der Waals surface area (Å²) in [4.78, 5) is 15.8. The second-order valence-corrected chi connectivity index (χ2v) is 9.56. The first kappa shape index (κ1) is 19.0. The van der Waals surface area contributed by atoms with Gasteiger partial charge in [0.15, 0.2) is 0 Å². The largest absolute Gasteiger partial charge is 0.308 e. The number of hydrogen-bond donors (Lipinski definition) is 1. The Labute approximate surface area is 168 Å². The number of rotatable bonds is 4. The van der Waals surface area contributed by atoms with Crippen molar-refractivity contribution in [1.82, 2.24) is 0 Å². The first-order valence-electron chi connectivity index (χ1n) is 8.92. The lowest BCUT2D eigenvalue weighted by atomic mass is 10.1. The molecule has 1 amide bonds. The van der Waals surface area contributed by atoms with Crippen LogP contribution in [0.5, 0.6) is 0 Å². The number of primary sulfonamides is 1. The number of carbonyl (C=O) groups is 1. The lowest BCUT2D eigenvalue weighted by molar-refractivity contribution is -0.116. The molecule has 0 aliphatic carbocycles. The molecule has 3 aromatic carbocycles. The summed E-state index contributed by atoms with van der Waals surface area (Å²) in [7, 11) is -3.75. The fourth-order valence-corrected chi connectivity index (χ4v) is 5.00. The van der Waals surface area contributed by atoms with E-state index in [0.717, 1.165) is 21.5 Å². The number of anilines is 1. The molecule has 5 nitrogen and oxygen atoms in total. The highest BCUT2D eigenvalue weighted by molar-refractivity contribution is 8.00. The maximum atomic E-state index is 12.9. The number of sulfonamides is 1. The number of nitrogens with two attached hydrogens (primary N) is 1. The Morgan fingerprint density at radius 2 is 1.86 bits per heavy atom. The Kier molecular flexibility index (Phi) is 4.91. The van der Waals surface area contributed by atoms with E-state index in [2.05, 4.69) is 24.3 Å². The molecule has 4 rings (SSSR count). The molecule has 0 spiro atoms. The zero-order chi connectivity index (χ0) is 19.9. The van der Waals surface area contributed by atoms with Crippen LogP contribution < -0.4 is 10.0 Å². The number of hydrogen-bond acceptors (Lipinski definition) is 4. The predicted molar refractivity (Wildman–Crippen MR) is 113 cm³/mol. The number of thioether (sulfide) groups is 1. The molecule has 0 saturated carbocycles. The molecule has 0 bridgehead atoms. The number of carbonyl (C=O) groups excluding carboxylic acids is 1. The van der Waals surface area contributed by atoms with Gasteiger partial charge in [-0.15, -0.1) is 11.8 Å². The van der Waals surface area contributed by atoms with Gasteiger partial charge in [-0.05, 0) is 60.0 Å². The summed E-state index contributed by atoms with van der Waals surface area (Å²) < 4.78 is 23.2. The number of benzene rings is 3. The van der Waals surface area contributed by atoms with Crippen molar-refractivity contribution in [2.45, 2.75) is 29.2 Å². The summed E-state index contributed by atoms with van der Waals surface area (Å²) in [6.07, 6.45) is 0.616. The van der Waals surface area contributed by atoms with Crippen molar-refractivity contribution in [3.05, 3.63) is 66.2 Å². The summed E-state index contributed by atoms with van der Waals surface area (Å²) in [5.41, 5.74) is 1.60. The molecular weight excluding hydrogens is 392 g/mol. The molecule has 7 heteroatoms. The molecule has 3 aromatic rings. The van der Waals surface area contributed by atoms with Crippen LogP contribution >= 0.6 is 11.8 Å².